The molecule has 8 atom stereocenters. The Hall–Kier alpha value is -0.900. The number of hydrogen-bond acceptors (Lipinski definition) is 3. The van der Waals surface area contributed by atoms with Crippen LogP contribution in [0.4, 0.5) is 0 Å². The van der Waals surface area contributed by atoms with Crippen molar-refractivity contribution in [2.45, 2.75) is 123 Å². The average Bonchev–Trinajstić information content (AvgIpc) is 3.10. The molecular formula is C30H51NO3. The summed E-state index contributed by atoms with van der Waals surface area (Å²) in [5, 5.41) is 10.9. The molecule has 4 fully saturated rings. The molecule has 1 amide bonds. The van der Waals surface area contributed by atoms with Gasteiger partial charge >= 0.3 is 0 Å². The summed E-state index contributed by atoms with van der Waals surface area (Å²) in [5.74, 6) is 4.26. The minimum atomic E-state index is -0.114. The van der Waals surface area contributed by atoms with Gasteiger partial charge in [-0.2, -0.15) is 0 Å². The maximum Gasteiger partial charge on any atom is 0.222 e. The van der Waals surface area contributed by atoms with Crippen molar-refractivity contribution in [1.29, 1.82) is 0 Å². The molecule has 0 radical (unpaired) electrons. The van der Waals surface area contributed by atoms with Crippen LogP contribution in [0.15, 0.2) is 0 Å². The number of aliphatic hydroxyl groups excluding tert-OH is 1. The molecule has 0 aromatic heterocycles. The van der Waals surface area contributed by atoms with E-state index in [1.54, 1.807) is 4.90 Å². The summed E-state index contributed by atoms with van der Waals surface area (Å²) in [6.45, 7) is 4.93. The van der Waals surface area contributed by atoms with Gasteiger partial charge in [-0.05, 0) is 85.4 Å². The molecule has 0 heterocycles. The average molecular weight is 474 g/mol. The highest BCUT2D eigenvalue weighted by molar-refractivity contribution is 5.79. The van der Waals surface area contributed by atoms with E-state index < -0.39 is 0 Å². The van der Waals surface area contributed by atoms with Crippen LogP contribution in [-0.4, -0.2) is 41.9 Å². The zero-order valence-corrected chi connectivity index (χ0v) is 22.5. The molecule has 0 bridgehead atoms. The molecule has 0 saturated heterocycles. The van der Waals surface area contributed by atoms with Gasteiger partial charge in [-0.3, -0.25) is 9.59 Å². The molecule has 0 aromatic rings. The number of nitrogens with zero attached hydrogens (tertiary/aromatic N) is 1. The summed E-state index contributed by atoms with van der Waals surface area (Å²) >= 11 is 0. The van der Waals surface area contributed by atoms with Crippen LogP contribution < -0.4 is 0 Å². The number of rotatable bonds is 9. The third-order valence-electron chi connectivity index (χ3n) is 11.3. The molecule has 34 heavy (non-hydrogen) atoms. The zero-order valence-electron chi connectivity index (χ0n) is 22.5. The van der Waals surface area contributed by atoms with Crippen LogP contribution in [0.3, 0.4) is 0 Å². The smallest absolute Gasteiger partial charge is 0.222 e. The van der Waals surface area contributed by atoms with Gasteiger partial charge in [0.1, 0.15) is 5.78 Å². The number of fused-ring (bicyclic) bond motifs is 5. The first-order chi connectivity index (χ1) is 16.2. The van der Waals surface area contributed by atoms with E-state index in [1.165, 1.54) is 57.8 Å². The van der Waals surface area contributed by atoms with Crippen molar-refractivity contribution >= 4 is 11.7 Å². The first-order valence-electron chi connectivity index (χ1n) is 14.6. The molecule has 4 aliphatic carbocycles. The lowest BCUT2D eigenvalue weighted by molar-refractivity contribution is -0.156. The number of amides is 1. The molecule has 0 spiro atoms. The van der Waals surface area contributed by atoms with Gasteiger partial charge in [-0.25, -0.2) is 0 Å². The van der Waals surface area contributed by atoms with Crippen molar-refractivity contribution in [1.82, 2.24) is 4.90 Å². The summed E-state index contributed by atoms with van der Waals surface area (Å²) in [5.41, 5.74) is 0.463. The summed E-state index contributed by atoms with van der Waals surface area (Å²) < 4.78 is 0. The minimum absolute atomic E-state index is 0.114. The van der Waals surface area contributed by atoms with Crippen molar-refractivity contribution in [2.24, 2.45) is 40.4 Å². The van der Waals surface area contributed by atoms with E-state index >= 15 is 0 Å². The lowest BCUT2D eigenvalue weighted by Crippen LogP contribution is -2.57. The van der Waals surface area contributed by atoms with Crippen LogP contribution in [0.25, 0.3) is 0 Å². The van der Waals surface area contributed by atoms with Crippen LogP contribution in [0.5, 0.6) is 0 Å². The largest absolute Gasteiger partial charge is 0.393 e. The predicted octanol–water partition coefficient (Wildman–Crippen LogP) is 6.39. The third kappa shape index (κ3) is 5.00. The first kappa shape index (κ1) is 26.2. The van der Waals surface area contributed by atoms with Gasteiger partial charge in [-0.15, -0.1) is 0 Å². The molecule has 3 unspecified atom stereocenters. The van der Waals surface area contributed by atoms with Gasteiger partial charge in [0.05, 0.1) is 6.10 Å². The number of carbonyl (C=O) groups is 2. The molecule has 1 N–H and O–H groups in total. The van der Waals surface area contributed by atoms with Crippen LogP contribution in [0.1, 0.15) is 117 Å². The van der Waals surface area contributed by atoms with E-state index in [9.17, 15) is 14.7 Å². The van der Waals surface area contributed by atoms with Gasteiger partial charge in [0, 0.05) is 33.4 Å². The number of ketones is 1. The Labute approximate surface area is 208 Å². The Balaban J connectivity index is 1.34. The summed E-state index contributed by atoms with van der Waals surface area (Å²) in [7, 11) is 3.68. The second-order valence-corrected chi connectivity index (χ2v) is 13.3. The molecular weight excluding hydrogens is 422 g/mol. The zero-order chi connectivity index (χ0) is 24.5. The molecule has 0 aromatic carbocycles. The van der Waals surface area contributed by atoms with E-state index in [0.29, 0.717) is 29.5 Å². The molecule has 4 rings (SSSR count). The van der Waals surface area contributed by atoms with Crippen LogP contribution >= 0.6 is 0 Å². The fraction of sp³-hybridized carbons (Fsp3) is 0.933. The maximum absolute atomic E-state index is 12.4. The topological polar surface area (TPSA) is 57.6 Å². The van der Waals surface area contributed by atoms with Crippen molar-refractivity contribution in [3.8, 4) is 0 Å². The lowest BCUT2D eigenvalue weighted by atomic mass is 9.42. The van der Waals surface area contributed by atoms with Crippen molar-refractivity contribution in [2.75, 3.05) is 14.1 Å². The van der Waals surface area contributed by atoms with Gasteiger partial charge < -0.3 is 10.0 Å². The number of aliphatic hydroxyl groups is 1. The van der Waals surface area contributed by atoms with Gasteiger partial charge in [0.2, 0.25) is 5.91 Å². The fourth-order valence-corrected chi connectivity index (χ4v) is 9.10. The summed E-state index contributed by atoms with van der Waals surface area (Å²) in [6.07, 6.45) is 17.8. The molecule has 4 saturated carbocycles. The Kier molecular flexibility index (Phi) is 8.17. The van der Waals surface area contributed by atoms with Gasteiger partial charge in [-0.1, -0.05) is 52.4 Å². The van der Waals surface area contributed by atoms with Gasteiger partial charge in [0.25, 0.3) is 0 Å². The van der Waals surface area contributed by atoms with E-state index in [1.807, 2.05) is 14.1 Å². The minimum Gasteiger partial charge on any atom is -0.393 e. The maximum atomic E-state index is 12.4. The first-order valence-corrected chi connectivity index (χ1v) is 14.6. The van der Waals surface area contributed by atoms with Crippen LogP contribution in [0, 0.1) is 40.4 Å². The molecule has 4 aliphatic rings. The number of unbranched alkanes of at least 4 members (excludes halogenated alkanes) is 5. The summed E-state index contributed by atoms with van der Waals surface area (Å²) in [4.78, 5) is 25.8. The highest BCUT2D eigenvalue weighted by Gasteiger charge is 2.62. The second kappa shape index (κ2) is 10.6. The predicted molar refractivity (Wildman–Crippen MR) is 137 cm³/mol. The highest BCUT2D eigenvalue weighted by atomic mass is 16.3. The Morgan fingerprint density at radius 3 is 2.35 bits per heavy atom. The standard InChI is InChI=1S/C30H51NO3/c1-29-17-15-23(32)20-22(29)19-21(11-9-7-5-6-8-10-12-27(34)31(3)4)28-24-13-14-26(33)30(24,2)18-16-25(28)29/h21-22,24-26,28,33H,5-20H2,1-4H3/t21?,22?,24-,25+,26?,28-,29-,30-/m0/s1. The highest BCUT2D eigenvalue weighted by Crippen LogP contribution is 2.67. The monoisotopic (exact) mass is 473 g/mol. The molecule has 0 aliphatic heterocycles. The molecule has 194 valence electrons. The van der Waals surface area contributed by atoms with Crippen LogP contribution in [-0.2, 0) is 9.59 Å². The fourth-order valence-electron chi connectivity index (χ4n) is 9.10. The summed E-state index contributed by atoms with van der Waals surface area (Å²) in [6, 6.07) is 0. The molecule has 4 nitrogen and oxygen atoms in total. The van der Waals surface area contributed by atoms with Crippen molar-refractivity contribution in [3.05, 3.63) is 0 Å². The number of Topliss-reactive ketones (excluding diaryl/α,β-unsaturated/α-hetero) is 1. The number of hydrogen-bond donors (Lipinski definition) is 1. The van der Waals surface area contributed by atoms with E-state index in [0.717, 1.165) is 56.3 Å². The normalized spacial score (nSPS) is 41.5. The van der Waals surface area contributed by atoms with Crippen molar-refractivity contribution < 1.29 is 14.7 Å². The Morgan fingerprint density at radius 1 is 0.941 bits per heavy atom. The van der Waals surface area contributed by atoms with Gasteiger partial charge in [0.15, 0.2) is 0 Å². The Bertz CT molecular complexity index is 735. The van der Waals surface area contributed by atoms with Crippen LogP contribution in [0.2, 0.25) is 0 Å². The lowest BCUT2D eigenvalue weighted by Gasteiger charge is -2.62. The number of carbonyl (C=O) groups excluding carboxylic acids is 2. The third-order valence-corrected chi connectivity index (χ3v) is 11.3. The molecule has 4 heteroatoms. The SMILES string of the molecule is CN(C)C(=O)CCCCCCCCC1CC2CC(=O)CC[C@]2(C)[C@@H]2CC[C@]3(C)C(O)CC[C@H]3[C@H]12. The quantitative estimate of drug-likeness (QED) is 0.395. The van der Waals surface area contributed by atoms with Crippen molar-refractivity contribution in [3.63, 3.8) is 0 Å². The van der Waals surface area contributed by atoms with E-state index in [4.69, 9.17) is 0 Å². The Morgan fingerprint density at radius 2 is 1.62 bits per heavy atom. The second-order valence-electron chi connectivity index (χ2n) is 13.3. The van der Waals surface area contributed by atoms with E-state index in [2.05, 4.69) is 13.8 Å². The van der Waals surface area contributed by atoms with E-state index in [-0.39, 0.29) is 17.4 Å².